The fourth-order valence-corrected chi connectivity index (χ4v) is 3.86. The van der Waals surface area contributed by atoms with Crippen LogP contribution in [-0.2, 0) is 10.0 Å². The van der Waals surface area contributed by atoms with E-state index in [1.165, 1.54) is 24.3 Å². The molecule has 0 unspecified atom stereocenters. The number of anilines is 1. The highest BCUT2D eigenvalue weighted by Gasteiger charge is 2.15. The zero-order valence-electron chi connectivity index (χ0n) is 17.4. The number of para-hydroxylation sites is 1. The van der Waals surface area contributed by atoms with Gasteiger partial charge in [0.15, 0.2) is 0 Å². The lowest BCUT2D eigenvalue weighted by Gasteiger charge is -2.10. The quantitative estimate of drug-likeness (QED) is 0.431. The van der Waals surface area contributed by atoms with Crippen molar-refractivity contribution in [3.8, 4) is 5.75 Å². The fraction of sp³-hybridized carbons (Fsp3) is 0.130. The van der Waals surface area contributed by atoms with Crippen LogP contribution in [0.5, 0.6) is 5.75 Å². The minimum atomic E-state index is -3.75. The van der Waals surface area contributed by atoms with Gasteiger partial charge in [-0.1, -0.05) is 18.2 Å². The largest absolute Gasteiger partial charge is 0.497 e. The lowest BCUT2D eigenvalue weighted by molar-refractivity contribution is 0.0927. The molecule has 0 atom stereocenters. The summed E-state index contributed by atoms with van der Waals surface area (Å²) in [5, 5.41) is 5.40. The van der Waals surface area contributed by atoms with E-state index in [-0.39, 0.29) is 29.8 Å². The van der Waals surface area contributed by atoms with Gasteiger partial charge in [-0.25, -0.2) is 8.42 Å². The van der Waals surface area contributed by atoms with Gasteiger partial charge in [0.1, 0.15) is 5.75 Å². The van der Waals surface area contributed by atoms with Gasteiger partial charge in [0.05, 0.1) is 12.0 Å². The van der Waals surface area contributed by atoms with Crippen molar-refractivity contribution in [2.45, 2.75) is 4.90 Å². The maximum Gasteiger partial charge on any atom is 0.261 e. The normalized spacial score (nSPS) is 10.8. The molecule has 8 nitrogen and oxygen atoms in total. The Bertz CT molecular complexity index is 1160. The Balaban J connectivity index is 1.48. The molecule has 2 amide bonds. The minimum Gasteiger partial charge on any atom is -0.497 e. The number of carbonyl (C=O) groups excluding carboxylic acids is 2. The molecule has 0 aliphatic carbocycles. The van der Waals surface area contributed by atoms with Crippen LogP contribution in [0.1, 0.15) is 20.7 Å². The van der Waals surface area contributed by atoms with Gasteiger partial charge in [0, 0.05) is 29.9 Å². The molecule has 3 rings (SSSR count). The van der Waals surface area contributed by atoms with Crippen molar-refractivity contribution >= 4 is 27.5 Å². The Morgan fingerprint density at radius 2 is 1.25 bits per heavy atom. The number of carbonyl (C=O) groups is 2. The fourth-order valence-electron chi connectivity index (χ4n) is 2.80. The van der Waals surface area contributed by atoms with Gasteiger partial charge in [-0.15, -0.1) is 0 Å². The van der Waals surface area contributed by atoms with Gasteiger partial charge in [-0.3, -0.25) is 14.3 Å². The third-order valence-corrected chi connectivity index (χ3v) is 5.90. The highest BCUT2D eigenvalue weighted by molar-refractivity contribution is 7.92. The third kappa shape index (κ3) is 6.08. The van der Waals surface area contributed by atoms with Gasteiger partial charge < -0.3 is 15.4 Å². The first-order valence-electron chi connectivity index (χ1n) is 9.77. The molecule has 32 heavy (non-hydrogen) atoms. The van der Waals surface area contributed by atoms with Crippen molar-refractivity contribution in [1.82, 2.24) is 10.6 Å². The lowest BCUT2D eigenvalue weighted by Crippen LogP contribution is -2.34. The molecular formula is C23H23N3O5S. The van der Waals surface area contributed by atoms with Crippen LogP contribution >= 0.6 is 0 Å². The summed E-state index contributed by atoms with van der Waals surface area (Å²) in [6, 6.07) is 20.8. The average Bonchev–Trinajstić information content (AvgIpc) is 2.82. The zero-order valence-corrected chi connectivity index (χ0v) is 18.2. The topological polar surface area (TPSA) is 114 Å². The maximum absolute atomic E-state index is 12.5. The molecule has 3 N–H and O–H groups in total. The first-order chi connectivity index (χ1) is 15.4. The van der Waals surface area contributed by atoms with E-state index in [0.29, 0.717) is 22.6 Å². The Labute approximate surface area is 186 Å². The van der Waals surface area contributed by atoms with Crippen molar-refractivity contribution in [2.75, 3.05) is 24.9 Å². The Hall–Kier alpha value is -3.85. The first kappa shape index (κ1) is 22.8. The summed E-state index contributed by atoms with van der Waals surface area (Å²) in [6.45, 7) is 0.459. The van der Waals surface area contributed by atoms with E-state index in [0.717, 1.165) is 0 Å². The summed E-state index contributed by atoms with van der Waals surface area (Å²) in [6.07, 6.45) is 0. The smallest absolute Gasteiger partial charge is 0.261 e. The molecule has 0 saturated carbocycles. The summed E-state index contributed by atoms with van der Waals surface area (Å²) in [7, 11) is -2.21. The van der Waals surface area contributed by atoms with Crippen LogP contribution < -0.4 is 20.1 Å². The number of benzene rings is 3. The average molecular weight is 454 g/mol. The molecule has 0 fully saturated rings. The minimum absolute atomic E-state index is 0.0460. The van der Waals surface area contributed by atoms with Gasteiger partial charge in [-0.05, 0) is 60.7 Å². The third-order valence-electron chi connectivity index (χ3n) is 4.50. The van der Waals surface area contributed by atoms with Crippen molar-refractivity contribution in [3.05, 3.63) is 90.0 Å². The first-order valence-corrected chi connectivity index (χ1v) is 11.3. The summed E-state index contributed by atoms with van der Waals surface area (Å²) >= 11 is 0. The van der Waals surface area contributed by atoms with E-state index >= 15 is 0 Å². The lowest BCUT2D eigenvalue weighted by atomic mass is 10.2. The summed E-state index contributed by atoms with van der Waals surface area (Å²) in [5.74, 6) is 0.0227. The summed E-state index contributed by atoms with van der Waals surface area (Å²) in [4.78, 5) is 24.4. The highest BCUT2D eigenvalue weighted by Crippen LogP contribution is 2.16. The highest BCUT2D eigenvalue weighted by atomic mass is 32.2. The van der Waals surface area contributed by atoms with Crippen molar-refractivity contribution in [3.63, 3.8) is 0 Å². The van der Waals surface area contributed by atoms with Crippen LogP contribution in [0.25, 0.3) is 0 Å². The van der Waals surface area contributed by atoms with Crippen LogP contribution in [0.2, 0.25) is 0 Å². The number of ether oxygens (including phenoxy) is 1. The predicted octanol–water partition coefficient (Wildman–Crippen LogP) is 2.66. The summed E-state index contributed by atoms with van der Waals surface area (Å²) in [5.41, 5.74) is 1.24. The number of hydrogen-bond acceptors (Lipinski definition) is 5. The number of rotatable bonds is 9. The maximum atomic E-state index is 12.5. The monoisotopic (exact) mass is 453 g/mol. The van der Waals surface area contributed by atoms with E-state index in [1.54, 1.807) is 61.7 Å². The molecule has 0 aromatic heterocycles. The van der Waals surface area contributed by atoms with Crippen molar-refractivity contribution in [2.24, 2.45) is 0 Å². The van der Waals surface area contributed by atoms with E-state index in [9.17, 15) is 18.0 Å². The van der Waals surface area contributed by atoms with E-state index in [2.05, 4.69) is 15.4 Å². The molecule has 0 spiro atoms. The molecule has 3 aromatic rings. The zero-order chi connectivity index (χ0) is 23.0. The SMILES string of the molecule is COc1ccc(C(=O)NCCNC(=O)c2ccc(S(=O)(=O)Nc3ccccc3)cc2)cc1. The number of sulfonamides is 1. The van der Waals surface area contributed by atoms with E-state index < -0.39 is 10.0 Å². The van der Waals surface area contributed by atoms with Crippen molar-refractivity contribution < 1.29 is 22.7 Å². The van der Waals surface area contributed by atoms with Crippen LogP contribution in [-0.4, -0.2) is 40.4 Å². The van der Waals surface area contributed by atoms with Crippen LogP contribution in [0.4, 0.5) is 5.69 Å². The van der Waals surface area contributed by atoms with Gasteiger partial charge in [-0.2, -0.15) is 0 Å². The second-order valence-electron chi connectivity index (χ2n) is 6.74. The number of methoxy groups -OCH3 is 1. The number of amides is 2. The van der Waals surface area contributed by atoms with Crippen LogP contribution in [0.15, 0.2) is 83.8 Å². The Morgan fingerprint density at radius 3 is 1.75 bits per heavy atom. The Kier molecular flexibility index (Phi) is 7.45. The van der Waals surface area contributed by atoms with Crippen LogP contribution in [0.3, 0.4) is 0 Å². The molecule has 3 aromatic carbocycles. The molecule has 9 heteroatoms. The standard InChI is InChI=1S/C23H23N3O5S/c1-31-20-11-7-17(8-12-20)22(27)24-15-16-25-23(28)18-9-13-21(14-10-18)32(29,30)26-19-5-3-2-4-6-19/h2-14,26H,15-16H2,1H3,(H,24,27)(H,25,28). The molecule has 0 heterocycles. The molecule has 0 bridgehead atoms. The number of hydrogen-bond donors (Lipinski definition) is 3. The second kappa shape index (κ2) is 10.5. The Morgan fingerprint density at radius 1 is 0.750 bits per heavy atom. The molecule has 0 radical (unpaired) electrons. The van der Waals surface area contributed by atoms with Gasteiger partial charge in [0.25, 0.3) is 21.8 Å². The number of nitrogens with one attached hydrogen (secondary N) is 3. The molecule has 0 aliphatic heterocycles. The molecule has 0 saturated heterocycles. The van der Waals surface area contributed by atoms with E-state index in [4.69, 9.17) is 4.74 Å². The van der Waals surface area contributed by atoms with Crippen molar-refractivity contribution in [1.29, 1.82) is 0 Å². The predicted molar refractivity (Wildman–Crippen MR) is 121 cm³/mol. The molecule has 0 aliphatic rings. The molecule has 166 valence electrons. The van der Waals surface area contributed by atoms with E-state index in [1.807, 2.05) is 0 Å². The van der Waals surface area contributed by atoms with Gasteiger partial charge in [0.2, 0.25) is 0 Å². The van der Waals surface area contributed by atoms with Gasteiger partial charge >= 0.3 is 0 Å². The molecular weight excluding hydrogens is 430 g/mol. The summed E-state index contributed by atoms with van der Waals surface area (Å²) < 4.78 is 32.4. The van der Waals surface area contributed by atoms with Crippen LogP contribution in [0, 0.1) is 0 Å². The second-order valence-corrected chi connectivity index (χ2v) is 8.42.